The summed E-state index contributed by atoms with van der Waals surface area (Å²) in [5, 5.41) is 11.9. The van der Waals surface area contributed by atoms with Crippen LogP contribution in [0.2, 0.25) is 0 Å². The second kappa shape index (κ2) is 8.42. The third-order valence-corrected chi connectivity index (χ3v) is 5.81. The Kier molecular flexibility index (Phi) is 6.00. The topological polar surface area (TPSA) is 59.8 Å². The van der Waals surface area contributed by atoms with E-state index in [2.05, 4.69) is 15.5 Å². The molecule has 5 nitrogen and oxygen atoms in total. The summed E-state index contributed by atoms with van der Waals surface area (Å²) in [5.74, 6) is 0.731. The van der Waals surface area contributed by atoms with Crippen molar-refractivity contribution >= 4 is 35.1 Å². The zero-order valence-corrected chi connectivity index (χ0v) is 16.5. The first-order chi connectivity index (χ1) is 12.6. The molecule has 7 heteroatoms. The number of carbonyl (C=O) groups is 1. The van der Waals surface area contributed by atoms with Gasteiger partial charge in [-0.2, -0.15) is 0 Å². The molecule has 3 aromatic rings. The SMILES string of the molecule is CSc1ccccc1NC(=O)C(C)Sc1nnc(-c2ccccc2)n1C. The van der Waals surface area contributed by atoms with E-state index in [0.717, 1.165) is 22.0 Å². The van der Waals surface area contributed by atoms with Crippen molar-refractivity contribution < 1.29 is 4.79 Å². The largest absolute Gasteiger partial charge is 0.324 e. The Labute approximate surface area is 161 Å². The lowest BCUT2D eigenvalue weighted by Crippen LogP contribution is -2.23. The van der Waals surface area contributed by atoms with Crippen LogP contribution in [-0.4, -0.2) is 32.2 Å². The fraction of sp³-hybridized carbons (Fsp3) is 0.211. The monoisotopic (exact) mass is 384 g/mol. The number of thioether (sulfide) groups is 2. The molecule has 1 heterocycles. The number of carbonyl (C=O) groups excluding carboxylic acids is 1. The second-order valence-electron chi connectivity index (χ2n) is 5.68. The van der Waals surface area contributed by atoms with Gasteiger partial charge < -0.3 is 9.88 Å². The molecule has 0 saturated heterocycles. The lowest BCUT2D eigenvalue weighted by atomic mass is 10.2. The molecule has 26 heavy (non-hydrogen) atoms. The van der Waals surface area contributed by atoms with E-state index in [1.165, 1.54) is 11.8 Å². The van der Waals surface area contributed by atoms with Gasteiger partial charge in [-0.25, -0.2) is 0 Å². The van der Waals surface area contributed by atoms with Gasteiger partial charge in [0, 0.05) is 17.5 Å². The molecule has 1 atom stereocenters. The first-order valence-electron chi connectivity index (χ1n) is 8.15. The van der Waals surface area contributed by atoms with E-state index in [1.54, 1.807) is 11.8 Å². The van der Waals surface area contributed by atoms with Gasteiger partial charge in [-0.05, 0) is 25.3 Å². The van der Waals surface area contributed by atoms with Crippen LogP contribution in [0.25, 0.3) is 11.4 Å². The highest BCUT2D eigenvalue weighted by molar-refractivity contribution is 8.00. The van der Waals surface area contributed by atoms with Gasteiger partial charge >= 0.3 is 0 Å². The van der Waals surface area contributed by atoms with Crippen molar-refractivity contribution in [2.45, 2.75) is 22.2 Å². The lowest BCUT2D eigenvalue weighted by Gasteiger charge is -2.13. The molecule has 0 aliphatic rings. The first kappa shape index (κ1) is 18.5. The van der Waals surface area contributed by atoms with E-state index in [-0.39, 0.29) is 11.2 Å². The maximum Gasteiger partial charge on any atom is 0.237 e. The number of para-hydroxylation sites is 1. The van der Waals surface area contributed by atoms with Gasteiger partial charge in [0.1, 0.15) is 0 Å². The van der Waals surface area contributed by atoms with E-state index < -0.39 is 0 Å². The minimum absolute atomic E-state index is 0.0549. The second-order valence-corrected chi connectivity index (χ2v) is 7.84. The van der Waals surface area contributed by atoms with Gasteiger partial charge in [0.15, 0.2) is 11.0 Å². The van der Waals surface area contributed by atoms with Crippen LogP contribution in [0.1, 0.15) is 6.92 Å². The van der Waals surface area contributed by atoms with Crippen molar-refractivity contribution in [1.82, 2.24) is 14.8 Å². The molecule has 134 valence electrons. The maximum atomic E-state index is 12.6. The van der Waals surface area contributed by atoms with Crippen LogP contribution < -0.4 is 5.32 Å². The third-order valence-electron chi connectivity index (χ3n) is 3.88. The number of amides is 1. The number of nitrogens with zero attached hydrogens (tertiary/aromatic N) is 3. The van der Waals surface area contributed by atoms with Gasteiger partial charge in [0.05, 0.1) is 10.9 Å². The molecule has 1 aromatic heterocycles. The number of hydrogen-bond donors (Lipinski definition) is 1. The molecule has 0 saturated carbocycles. The van der Waals surface area contributed by atoms with E-state index >= 15 is 0 Å². The van der Waals surface area contributed by atoms with E-state index in [0.29, 0.717) is 5.16 Å². The molecule has 0 bridgehead atoms. The highest BCUT2D eigenvalue weighted by Crippen LogP contribution is 2.28. The highest BCUT2D eigenvalue weighted by atomic mass is 32.2. The fourth-order valence-corrected chi connectivity index (χ4v) is 3.82. The molecule has 1 unspecified atom stereocenters. The normalized spacial score (nSPS) is 12.0. The fourth-order valence-electron chi connectivity index (χ4n) is 2.45. The molecule has 0 spiro atoms. The molecule has 2 aromatic carbocycles. The molecule has 0 radical (unpaired) electrons. The average Bonchev–Trinajstić information content (AvgIpc) is 3.03. The number of hydrogen-bond acceptors (Lipinski definition) is 5. The number of nitrogens with one attached hydrogen (secondary N) is 1. The Hall–Kier alpha value is -2.25. The van der Waals surface area contributed by atoms with Crippen LogP contribution >= 0.6 is 23.5 Å². The van der Waals surface area contributed by atoms with Crippen molar-refractivity contribution in [3.05, 3.63) is 54.6 Å². The molecule has 0 aliphatic carbocycles. The summed E-state index contributed by atoms with van der Waals surface area (Å²) in [6, 6.07) is 17.7. The zero-order chi connectivity index (χ0) is 18.5. The van der Waals surface area contributed by atoms with Crippen LogP contribution in [0.5, 0.6) is 0 Å². The van der Waals surface area contributed by atoms with Crippen molar-refractivity contribution in [3.8, 4) is 11.4 Å². The van der Waals surface area contributed by atoms with Crippen LogP contribution in [0.15, 0.2) is 64.6 Å². The Morgan fingerprint density at radius 1 is 1.08 bits per heavy atom. The van der Waals surface area contributed by atoms with Crippen molar-refractivity contribution in [3.63, 3.8) is 0 Å². The summed E-state index contributed by atoms with van der Waals surface area (Å²) in [4.78, 5) is 13.6. The Balaban J connectivity index is 1.71. The standard InChI is InChI=1S/C19H20N4OS2/c1-13(18(24)20-15-11-7-8-12-16(15)25-3)26-19-22-21-17(23(19)2)14-9-5-4-6-10-14/h4-13H,1-3H3,(H,20,24). The molecular weight excluding hydrogens is 364 g/mol. The maximum absolute atomic E-state index is 12.6. The lowest BCUT2D eigenvalue weighted by molar-refractivity contribution is -0.115. The molecule has 0 fully saturated rings. The predicted molar refractivity (Wildman–Crippen MR) is 109 cm³/mol. The van der Waals surface area contributed by atoms with Crippen LogP contribution in [0.3, 0.4) is 0 Å². The van der Waals surface area contributed by atoms with Crippen LogP contribution in [0, 0.1) is 0 Å². The van der Waals surface area contributed by atoms with Gasteiger partial charge in [-0.1, -0.05) is 54.2 Å². The molecule has 1 amide bonds. The molecule has 1 N–H and O–H groups in total. The van der Waals surface area contributed by atoms with Crippen molar-refractivity contribution in [2.75, 3.05) is 11.6 Å². The average molecular weight is 385 g/mol. The summed E-state index contributed by atoms with van der Waals surface area (Å²) in [7, 11) is 1.91. The molecular formula is C19H20N4OS2. The number of rotatable bonds is 6. The molecule has 0 aliphatic heterocycles. The summed E-state index contributed by atoms with van der Waals surface area (Å²) in [5.41, 5.74) is 1.83. The number of anilines is 1. The van der Waals surface area contributed by atoms with E-state index in [1.807, 2.05) is 79.4 Å². The third kappa shape index (κ3) is 4.11. The van der Waals surface area contributed by atoms with Gasteiger partial charge in [-0.3, -0.25) is 4.79 Å². The van der Waals surface area contributed by atoms with Crippen molar-refractivity contribution in [1.29, 1.82) is 0 Å². The van der Waals surface area contributed by atoms with Crippen LogP contribution in [-0.2, 0) is 11.8 Å². The molecule has 3 rings (SSSR count). The predicted octanol–water partition coefficient (Wildman–Crippen LogP) is 4.32. The minimum atomic E-state index is -0.295. The first-order valence-corrected chi connectivity index (χ1v) is 10.3. The smallest absolute Gasteiger partial charge is 0.237 e. The minimum Gasteiger partial charge on any atom is -0.324 e. The van der Waals surface area contributed by atoms with E-state index in [9.17, 15) is 4.79 Å². The summed E-state index contributed by atoms with van der Waals surface area (Å²) < 4.78 is 1.92. The Bertz CT molecular complexity index is 896. The van der Waals surface area contributed by atoms with Gasteiger partial charge in [0.2, 0.25) is 5.91 Å². The summed E-state index contributed by atoms with van der Waals surface area (Å²) in [6.07, 6.45) is 1.99. The van der Waals surface area contributed by atoms with Crippen molar-refractivity contribution in [2.24, 2.45) is 7.05 Å². The quantitative estimate of drug-likeness (QED) is 0.641. The Morgan fingerprint density at radius 3 is 2.50 bits per heavy atom. The number of benzene rings is 2. The number of aromatic nitrogens is 3. The zero-order valence-electron chi connectivity index (χ0n) is 14.8. The van der Waals surface area contributed by atoms with Gasteiger partial charge in [-0.15, -0.1) is 22.0 Å². The summed E-state index contributed by atoms with van der Waals surface area (Å²) in [6.45, 7) is 1.87. The van der Waals surface area contributed by atoms with Crippen LogP contribution in [0.4, 0.5) is 5.69 Å². The highest BCUT2D eigenvalue weighted by Gasteiger charge is 2.20. The summed E-state index contributed by atoms with van der Waals surface area (Å²) >= 11 is 3.01. The Morgan fingerprint density at radius 2 is 1.77 bits per heavy atom. The van der Waals surface area contributed by atoms with Gasteiger partial charge in [0.25, 0.3) is 0 Å². The van der Waals surface area contributed by atoms with E-state index in [4.69, 9.17) is 0 Å².